The lowest BCUT2D eigenvalue weighted by Gasteiger charge is -2.16. The van der Waals surface area contributed by atoms with E-state index in [9.17, 15) is 9.59 Å². The normalized spacial score (nSPS) is 12.3. The van der Waals surface area contributed by atoms with Crippen molar-refractivity contribution in [2.24, 2.45) is 0 Å². The molecule has 124 valence electrons. The van der Waals surface area contributed by atoms with Crippen molar-refractivity contribution in [2.45, 2.75) is 33.7 Å². The van der Waals surface area contributed by atoms with Gasteiger partial charge in [-0.25, -0.2) is 4.98 Å². The van der Waals surface area contributed by atoms with Crippen molar-refractivity contribution in [3.63, 3.8) is 0 Å². The van der Waals surface area contributed by atoms with Gasteiger partial charge < -0.3 is 10.3 Å². The molecule has 2 N–H and O–H groups in total. The Morgan fingerprint density at radius 1 is 1.25 bits per heavy atom. The number of hydrogen-bond acceptors (Lipinski definition) is 3. The van der Waals surface area contributed by atoms with Gasteiger partial charge in [0.1, 0.15) is 18.0 Å². The summed E-state index contributed by atoms with van der Waals surface area (Å²) in [5.74, 6) is -0.251. The first-order valence-electron chi connectivity index (χ1n) is 7.81. The third-order valence-corrected chi connectivity index (χ3v) is 4.16. The summed E-state index contributed by atoms with van der Waals surface area (Å²) < 4.78 is 1.36. The van der Waals surface area contributed by atoms with Gasteiger partial charge in [-0.15, -0.1) is 0 Å². The third-order valence-electron chi connectivity index (χ3n) is 4.16. The molecule has 2 heterocycles. The van der Waals surface area contributed by atoms with E-state index in [-0.39, 0.29) is 11.5 Å². The minimum absolute atomic E-state index is 0.229. The molecule has 0 aliphatic carbocycles. The van der Waals surface area contributed by atoms with Gasteiger partial charge in [-0.05, 0) is 51.0 Å². The van der Waals surface area contributed by atoms with Crippen LogP contribution in [0.15, 0.2) is 35.4 Å². The molecule has 24 heavy (non-hydrogen) atoms. The fourth-order valence-electron chi connectivity index (χ4n) is 2.66. The largest absolute Gasteiger partial charge is 0.343 e. The van der Waals surface area contributed by atoms with Crippen molar-refractivity contribution in [1.29, 1.82) is 0 Å². The summed E-state index contributed by atoms with van der Waals surface area (Å²) in [6.07, 6.45) is 1.41. The maximum absolute atomic E-state index is 12.6. The van der Waals surface area contributed by atoms with E-state index < -0.39 is 6.04 Å². The maximum Gasteiger partial charge on any atom is 0.263 e. The number of hydrogen-bond donors (Lipinski definition) is 2. The van der Waals surface area contributed by atoms with E-state index in [1.165, 1.54) is 10.9 Å². The SMILES string of the molecule is Cc1ccc(C)c(NC(=O)C(C)n2cnc3[nH]c(C)cc3c2=O)c1. The van der Waals surface area contributed by atoms with Gasteiger partial charge in [0.25, 0.3) is 5.56 Å². The van der Waals surface area contributed by atoms with Crippen molar-refractivity contribution in [3.05, 3.63) is 57.8 Å². The van der Waals surface area contributed by atoms with Crippen LogP contribution in [0.1, 0.15) is 29.8 Å². The molecule has 0 bridgehead atoms. The number of carbonyl (C=O) groups excluding carboxylic acids is 1. The number of aryl methyl sites for hydroxylation is 3. The summed E-state index contributed by atoms with van der Waals surface area (Å²) in [6, 6.07) is 6.95. The Bertz CT molecular complexity index is 984. The lowest BCUT2D eigenvalue weighted by atomic mass is 10.1. The average molecular weight is 324 g/mol. The molecular formula is C18H20N4O2. The number of aromatic amines is 1. The van der Waals surface area contributed by atoms with Gasteiger partial charge in [0, 0.05) is 11.4 Å². The van der Waals surface area contributed by atoms with Crippen LogP contribution in [0.5, 0.6) is 0 Å². The van der Waals surface area contributed by atoms with Crippen molar-refractivity contribution < 1.29 is 4.79 Å². The average Bonchev–Trinajstić information content (AvgIpc) is 2.92. The van der Waals surface area contributed by atoms with Gasteiger partial charge in [0.05, 0.1) is 5.39 Å². The Balaban J connectivity index is 1.92. The second kappa shape index (κ2) is 5.96. The van der Waals surface area contributed by atoms with E-state index in [1.807, 2.05) is 39.0 Å². The minimum atomic E-state index is -0.662. The molecule has 0 aliphatic heterocycles. The fourth-order valence-corrected chi connectivity index (χ4v) is 2.66. The summed E-state index contributed by atoms with van der Waals surface area (Å²) in [7, 11) is 0. The fraction of sp³-hybridized carbons (Fsp3) is 0.278. The first-order valence-corrected chi connectivity index (χ1v) is 7.81. The molecule has 1 aromatic carbocycles. The van der Waals surface area contributed by atoms with Crippen molar-refractivity contribution >= 4 is 22.6 Å². The molecule has 0 fully saturated rings. The van der Waals surface area contributed by atoms with Crippen LogP contribution in [-0.4, -0.2) is 20.4 Å². The van der Waals surface area contributed by atoms with Crippen LogP contribution in [-0.2, 0) is 4.79 Å². The number of rotatable bonds is 3. The topological polar surface area (TPSA) is 79.8 Å². The van der Waals surface area contributed by atoms with Crippen molar-refractivity contribution in [1.82, 2.24) is 14.5 Å². The quantitative estimate of drug-likeness (QED) is 0.777. The van der Waals surface area contributed by atoms with Gasteiger partial charge in [-0.2, -0.15) is 0 Å². The Labute approximate surface area is 139 Å². The molecule has 3 aromatic rings. The molecule has 6 heteroatoms. The van der Waals surface area contributed by atoms with E-state index in [1.54, 1.807) is 13.0 Å². The molecule has 1 unspecified atom stereocenters. The Morgan fingerprint density at radius 3 is 2.75 bits per heavy atom. The van der Waals surface area contributed by atoms with Gasteiger partial charge in [0.2, 0.25) is 5.91 Å². The Kier molecular flexibility index (Phi) is 3.97. The molecule has 6 nitrogen and oxygen atoms in total. The number of H-pyrrole nitrogens is 1. The number of fused-ring (bicyclic) bond motifs is 1. The molecule has 0 radical (unpaired) electrons. The van der Waals surface area contributed by atoms with E-state index in [0.29, 0.717) is 11.0 Å². The molecule has 2 aromatic heterocycles. The molecule has 3 rings (SSSR count). The predicted octanol–water partition coefficient (Wildman–Crippen LogP) is 2.85. The zero-order valence-electron chi connectivity index (χ0n) is 14.2. The lowest BCUT2D eigenvalue weighted by molar-refractivity contribution is -0.118. The van der Waals surface area contributed by atoms with Gasteiger partial charge in [-0.1, -0.05) is 12.1 Å². The highest BCUT2D eigenvalue weighted by atomic mass is 16.2. The van der Waals surface area contributed by atoms with Crippen LogP contribution < -0.4 is 10.9 Å². The van der Waals surface area contributed by atoms with Crippen LogP contribution in [0.3, 0.4) is 0 Å². The summed E-state index contributed by atoms with van der Waals surface area (Å²) in [4.78, 5) is 32.4. The zero-order valence-corrected chi connectivity index (χ0v) is 14.2. The first kappa shape index (κ1) is 16.0. The zero-order chi connectivity index (χ0) is 17.4. The van der Waals surface area contributed by atoms with Crippen LogP contribution in [0.4, 0.5) is 5.69 Å². The summed E-state index contributed by atoms with van der Waals surface area (Å²) >= 11 is 0. The molecule has 0 saturated carbocycles. The number of amides is 1. The van der Waals surface area contributed by atoms with Crippen LogP contribution in [0, 0.1) is 20.8 Å². The standard InChI is InChI=1S/C18H20N4O2/c1-10-5-6-11(2)15(7-10)21-17(23)13(4)22-9-19-16-14(18(22)24)8-12(3)20-16/h5-9,13,20H,1-4H3,(H,21,23). The molecule has 1 amide bonds. The summed E-state index contributed by atoms with van der Waals surface area (Å²) in [5.41, 5.74) is 3.96. The highest BCUT2D eigenvalue weighted by Crippen LogP contribution is 2.18. The monoisotopic (exact) mass is 324 g/mol. The second-order valence-corrected chi connectivity index (χ2v) is 6.16. The predicted molar refractivity (Wildman–Crippen MR) is 94.3 cm³/mol. The molecular weight excluding hydrogens is 304 g/mol. The van der Waals surface area contributed by atoms with Crippen LogP contribution >= 0.6 is 0 Å². The molecule has 0 aliphatic rings. The maximum atomic E-state index is 12.6. The Hall–Kier alpha value is -2.89. The van der Waals surface area contributed by atoms with Gasteiger partial charge in [-0.3, -0.25) is 14.2 Å². The number of anilines is 1. The van der Waals surface area contributed by atoms with E-state index in [0.717, 1.165) is 22.5 Å². The summed E-state index contributed by atoms with van der Waals surface area (Å²) in [5, 5.41) is 3.38. The number of aromatic nitrogens is 3. The highest BCUT2D eigenvalue weighted by molar-refractivity contribution is 5.94. The Morgan fingerprint density at radius 2 is 2.00 bits per heavy atom. The van der Waals surface area contributed by atoms with Crippen molar-refractivity contribution in [2.75, 3.05) is 5.32 Å². The minimum Gasteiger partial charge on any atom is -0.343 e. The molecule has 1 atom stereocenters. The van der Waals surface area contributed by atoms with Crippen molar-refractivity contribution in [3.8, 4) is 0 Å². The first-order chi connectivity index (χ1) is 11.4. The summed E-state index contributed by atoms with van der Waals surface area (Å²) in [6.45, 7) is 7.45. The van der Waals surface area contributed by atoms with E-state index >= 15 is 0 Å². The number of carbonyl (C=O) groups is 1. The third kappa shape index (κ3) is 2.82. The van der Waals surface area contributed by atoms with Crippen LogP contribution in [0.2, 0.25) is 0 Å². The number of nitrogens with one attached hydrogen (secondary N) is 2. The second-order valence-electron chi connectivity index (χ2n) is 6.16. The number of nitrogens with zero attached hydrogens (tertiary/aromatic N) is 2. The highest BCUT2D eigenvalue weighted by Gasteiger charge is 2.19. The smallest absolute Gasteiger partial charge is 0.263 e. The van der Waals surface area contributed by atoms with Gasteiger partial charge >= 0.3 is 0 Å². The van der Waals surface area contributed by atoms with E-state index in [4.69, 9.17) is 0 Å². The van der Waals surface area contributed by atoms with Crippen LogP contribution in [0.25, 0.3) is 11.0 Å². The molecule has 0 spiro atoms. The van der Waals surface area contributed by atoms with E-state index in [2.05, 4.69) is 15.3 Å². The number of benzene rings is 1. The molecule has 0 saturated heterocycles. The lowest BCUT2D eigenvalue weighted by Crippen LogP contribution is -2.31. The van der Waals surface area contributed by atoms with Gasteiger partial charge in [0.15, 0.2) is 0 Å².